The Morgan fingerprint density at radius 2 is 2.11 bits per heavy atom. The molecule has 0 aromatic rings. The number of nitrogens with zero attached hydrogens (tertiary/aromatic N) is 1. The maximum atomic E-state index is 12.0. The molecule has 104 valence electrons. The minimum absolute atomic E-state index is 0.0839. The van der Waals surface area contributed by atoms with E-state index in [-0.39, 0.29) is 30.8 Å². The Hall–Kier alpha value is -1.30. The van der Waals surface area contributed by atoms with Gasteiger partial charge in [0.25, 0.3) is 0 Å². The van der Waals surface area contributed by atoms with E-state index in [1.54, 1.807) is 7.11 Å². The number of urea groups is 1. The van der Waals surface area contributed by atoms with Crippen LogP contribution >= 0.6 is 0 Å². The Labute approximate surface area is 107 Å². The van der Waals surface area contributed by atoms with E-state index in [0.717, 1.165) is 19.3 Å². The van der Waals surface area contributed by atoms with Crippen molar-refractivity contribution in [1.29, 1.82) is 0 Å². The molecule has 0 aromatic carbocycles. The highest BCUT2D eigenvalue weighted by atomic mass is 16.5. The second-order valence-corrected chi connectivity index (χ2v) is 4.75. The largest absolute Gasteiger partial charge is 0.480 e. The summed E-state index contributed by atoms with van der Waals surface area (Å²) >= 11 is 0. The molecular formula is C12H22N2O4. The van der Waals surface area contributed by atoms with Crippen LogP contribution in [0.15, 0.2) is 0 Å². The Morgan fingerprint density at radius 1 is 1.50 bits per heavy atom. The fourth-order valence-electron chi connectivity index (χ4n) is 1.93. The molecule has 1 saturated carbocycles. The number of nitrogens with one attached hydrogen (secondary N) is 1. The van der Waals surface area contributed by atoms with Crippen molar-refractivity contribution in [3.05, 3.63) is 0 Å². The topological polar surface area (TPSA) is 78.9 Å². The number of carboxylic acid groups (broad SMARTS) is 1. The molecule has 0 aliphatic heterocycles. The van der Waals surface area contributed by atoms with Gasteiger partial charge < -0.3 is 20.1 Å². The highest BCUT2D eigenvalue weighted by Gasteiger charge is 2.32. The minimum Gasteiger partial charge on any atom is -0.480 e. The van der Waals surface area contributed by atoms with Crippen LogP contribution in [-0.2, 0) is 9.53 Å². The molecule has 0 radical (unpaired) electrons. The predicted molar refractivity (Wildman–Crippen MR) is 66.4 cm³/mol. The van der Waals surface area contributed by atoms with E-state index < -0.39 is 5.97 Å². The number of rotatable bonds is 6. The highest BCUT2D eigenvalue weighted by molar-refractivity contribution is 5.80. The van der Waals surface area contributed by atoms with Gasteiger partial charge in [0.2, 0.25) is 0 Å². The smallest absolute Gasteiger partial charge is 0.323 e. The van der Waals surface area contributed by atoms with Crippen LogP contribution in [0, 0.1) is 0 Å². The van der Waals surface area contributed by atoms with Crippen molar-refractivity contribution in [3.8, 4) is 0 Å². The molecule has 6 heteroatoms. The number of hydrogen-bond acceptors (Lipinski definition) is 3. The molecule has 0 heterocycles. The van der Waals surface area contributed by atoms with Crippen LogP contribution < -0.4 is 5.32 Å². The summed E-state index contributed by atoms with van der Waals surface area (Å²) in [6.07, 6.45) is 2.53. The van der Waals surface area contributed by atoms with Crippen LogP contribution in [0.1, 0.15) is 33.1 Å². The van der Waals surface area contributed by atoms with Gasteiger partial charge in [-0.2, -0.15) is 0 Å². The van der Waals surface area contributed by atoms with Gasteiger partial charge in [-0.05, 0) is 26.2 Å². The molecule has 1 unspecified atom stereocenters. The fourth-order valence-corrected chi connectivity index (χ4v) is 1.93. The summed E-state index contributed by atoms with van der Waals surface area (Å²) in [6, 6.07) is -0.284. The summed E-state index contributed by atoms with van der Waals surface area (Å²) in [5.74, 6) is -0.992. The third-order valence-corrected chi connectivity index (χ3v) is 3.45. The molecule has 0 saturated heterocycles. The summed E-state index contributed by atoms with van der Waals surface area (Å²) in [6.45, 7) is 3.51. The standard InChI is InChI=1S/C12H22N2O4/c1-4-8(2)14(7-11(15)16)12(17)13-9-5-10(6-9)18-3/h8-10H,4-7H2,1-3H3,(H,13,17)(H,15,16). The number of methoxy groups -OCH3 is 1. The zero-order valence-electron chi connectivity index (χ0n) is 11.2. The summed E-state index contributed by atoms with van der Waals surface area (Å²) in [5, 5.41) is 11.7. The second-order valence-electron chi connectivity index (χ2n) is 4.75. The van der Waals surface area contributed by atoms with Gasteiger partial charge in [-0.3, -0.25) is 4.79 Å². The van der Waals surface area contributed by atoms with Gasteiger partial charge in [-0.15, -0.1) is 0 Å². The van der Waals surface area contributed by atoms with Crippen LogP contribution in [-0.4, -0.2) is 53.8 Å². The van der Waals surface area contributed by atoms with Crippen molar-refractivity contribution in [2.24, 2.45) is 0 Å². The molecule has 0 spiro atoms. The molecule has 2 amide bonds. The number of aliphatic carboxylic acids is 1. The number of carbonyl (C=O) groups is 2. The minimum atomic E-state index is -0.992. The first-order valence-corrected chi connectivity index (χ1v) is 6.29. The van der Waals surface area contributed by atoms with Crippen molar-refractivity contribution in [1.82, 2.24) is 10.2 Å². The molecule has 6 nitrogen and oxygen atoms in total. The average Bonchev–Trinajstić information content (AvgIpc) is 2.28. The number of hydrogen-bond donors (Lipinski definition) is 2. The van der Waals surface area contributed by atoms with Crippen molar-refractivity contribution < 1.29 is 19.4 Å². The quantitative estimate of drug-likeness (QED) is 0.746. The predicted octanol–water partition coefficient (Wildman–Crippen LogP) is 1.06. The molecule has 1 aliphatic carbocycles. The van der Waals surface area contributed by atoms with Crippen molar-refractivity contribution in [2.45, 2.75) is 51.3 Å². The maximum Gasteiger partial charge on any atom is 0.323 e. The Kier molecular flexibility index (Phi) is 5.40. The van der Waals surface area contributed by atoms with Crippen molar-refractivity contribution in [3.63, 3.8) is 0 Å². The molecule has 1 rings (SSSR count). The van der Waals surface area contributed by atoms with Crippen LogP contribution in [0.2, 0.25) is 0 Å². The summed E-state index contributed by atoms with van der Waals surface area (Å²) in [4.78, 5) is 24.1. The molecule has 2 N–H and O–H groups in total. The molecule has 0 aromatic heterocycles. The molecule has 0 bridgehead atoms. The Morgan fingerprint density at radius 3 is 2.56 bits per heavy atom. The van der Waals surface area contributed by atoms with E-state index in [9.17, 15) is 9.59 Å². The third kappa shape index (κ3) is 3.87. The Bertz CT molecular complexity index is 302. The number of amides is 2. The van der Waals surface area contributed by atoms with Gasteiger partial charge in [0, 0.05) is 19.2 Å². The normalized spacial score (nSPS) is 23.9. The number of carbonyl (C=O) groups excluding carboxylic acids is 1. The van der Waals surface area contributed by atoms with Crippen molar-refractivity contribution in [2.75, 3.05) is 13.7 Å². The lowest BCUT2D eigenvalue weighted by molar-refractivity contribution is -0.138. The van der Waals surface area contributed by atoms with Gasteiger partial charge in [0.1, 0.15) is 6.54 Å². The second kappa shape index (κ2) is 6.58. The highest BCUT2D eigenvalue weighted by Crippen LogP contribution is 2.22. The van der Waals surface area contributed by atoms with Crippen LogP contribution in [0.5, 0.6) is 0 Å². The van der Waals surface area contributed by atoms with Crippen LogP contribution in [0.3, 0.4) is 0 Å². The lowest BCUT2D eigenvalue weighted by Crippen LogP contribution is -2.54. The van der Waals surface area contributed by atoms with E-state index >= 15 is 0 Å². The van der Waals surface area contributed by atoms with Gasteiger partial charge in [-0.1, -0.05) is 6.92 Å². The lowest BCUT2D eigenvalue weighted by atomic mass is 9.89. The molecular weight excluding hydrogens is 236 g/mol. The first kappa shape index (κ1) is 14.8. The Balaban J connectivity index is 2.46. The van der Waals surface area contributed by atoms with Crippen molar-refractivity contribution >= 4 is 12.0 Å². The number of carboxylic acids is 1. The third-order valence-electron chi connectivity index (χ3n) is 3.45. The van der Waals surface area contributed by atoms with Gasteiger partial charge in [0.15, 0.2) is 0 Å². The zero-order valence-corrected chi connectivity index (χ0v) is 11.2. The van der Waals surface area contributed by atoms with Crippen LogP contribution in [0.4, 0.5) is 4.79 Å². The maximum absolute atomic E-state index is 12.0. The first-order valence-electron chi connectivity index (χ1n) is 6.29. The SMILES string of the molecule is CCC(C)N(CC(=O)O)C(=O)NC1CC(OC)C1. The fraction of sp³-hybridized carbons (Fsp3) is 0.833. The van der Waals surface area contributed by atoms with Crippen LogP contribution in [0.25, 0.3) is 0 Å². The van der Waals surface area contributed by atoms with E-state index in [0.29, 0.717) is 0 Å². The molecule has 1 atom stereocenters. The van der Waals surface area contributed by atoms with Gasteiger partial charge in [0.05, 0.1) is 6.10 Å². The molecule has 18 heavy (non-hydrogen) atoms. The molecule has 1 aliphatic rings. The zero-order chi connectivity index (χ0) is 13.7. The monoisotopic (exact) mass is 258 g/mol. The van der Waals surface area contributed by atoms with E-state index in [1.807, 2.05) is 13.8 Å². The van der Waals surface area contributed by atoms with Gasteiger partial charge >= 0.3 is 12.0 Å². The average molecular weight is 258 g/mol. The summed E-state index contributed by atoms with van der Waals surface area (Å²) in [5.41, 5.74) is 0. The molecule has 1 fully saturated rings. The van der Waals surface area contributed by atoms with E-state index in [4.69, 9.17) is 9.84 Å². The summed E-state index contributed by atoms with van der Waals surface area (Å²) < 4.78 is 5.13. The van der Waals surface area contributed by atoms with E-state index in [1.165, 1.54) is 4.90 Å². The first-order chi connectivity index (χ1) is 8.47. The lowest BCUT2D eigenvalue weighted by Gasteiger charge is -2.37. The summed E-state index contributed by atoms with van der Waals surface area (Å²) in [7, 11) is 1.65. The van der Waals surface area contributed by atoms with Gasteiger partial charge in [-0.25, -0.2) is 4.79 Å². The number of ether oxygens (including phenoxy) is 1. The van der Waals surface area contributed by atoms with E-state index in [2.05, 4.69) is 5.32 Å².